The maximum Gasteiger partial charge on any atom is 0.253 e. The van der Waals surface area contributed by atoms with Gasteiger partial charge in [-0.15, -0.1) is 0 Å². The van der Waals surface area contributed by atoms with E-state index in [1.165, 1.54) is 31.5 Å². The van der Waals surface area contributed by atoms with Crippen LogP contribution in [0.2, 0.25) is 0 Å². The van der Waals surface area contributed by atoms with Crippen LogP contribution >= 0.6 is 0 Å². The number of carbonyl (C=O) groups is 2. The van der Waals surface area contributed by atoms with Gasteiger partial charge in [0.1, 0.15) is 6.61 Å². The first kappa shape index (κ1) is 33.8. The molecule has 4 aromatic rings. The van der Waals surface area contributed by atoms with Crippen LogP contribution < -0.4 is 15.8 Å². The summed E-state index contributed by atoms with van der Waals surface area (Å²) in [6, 6.07) is 28.4. The Hall–Kier alpha value is -4.73. The zero-order chi connectivity index (χ0) is 34.3. The van der Waals surface area contributed by atoms with Gasteiger partial charge in [-0.2, -0.15) is 0 Å². The third-order valence-electron chi connectivity index (χ3n) is 10.5. The molecule has 0 spiro atoms. The van der Waals surface area contributed by atoms with E-state index >= 15 is 0 Å². The van der Waals surface area contributed by atoms with Gasteiger partial charge in [0.25, 0.3) is 11.8 Å². The highest BCUT2D eigenvalue weighted by atomic mass is 16.5. The van der Waals surface area contributed by atoms with Crippen LogP contribution in [-0.2, 0) is 13.2 Å². The van der Waals surface area contributed by atoms with E-state index in [2.05, 4.69) is 44.4 Å². The number of benzene rings is 3. The fraction of sp³-hybridized carbons (Fsp3) is 0.390. The summed E-state index contributed by atoms with van der Waals surface area (Å²) < 4.78 is 6.13. The number of nitrogens with one attached hydrogen (secondary N) is 1. The van der Waals surface area contributed by atoms with Gasteiger partial charge in [-0.05, 0) is 98.6 Å². The van der Waals surface area contributed by atoms with Crippen molar-refractivity contribution in [1.29, 1.82) is 0 Å². The highest BCUT2D eigenvalue weighted by molar-refractivity contribution is 5.95. The van der Waals surface area contributed by atoms with Crippen molar-refractivity contribution in [2.24, 2.45) is 0 Å². The van der Waals surface area contributed by atoms with E-state index in [0.29, 0.717) is 28.7 Å². The van der Waals surface area contributed by atoms with Crippen molar-refractivity contribution in [1.82, 2.24) is 25.0 Å². The SMILES string of the molecule is Nc1ncc(-c2ccc(C(=O)N3CCC(N4CCCC4)CC3)cc2)cc1OCc1cccc(C(=O)NC2CCN(Cc3ccccc3)CC2)c1. The number of rotatable bonds is 10. The molecule has 3 aliphatic heterocycles. The lowest BCUT2D eigenvalue weighted by Gasteiger charge is -2.36. The molecule has 50 heavy (non-hydrogen) atoms. The van der Waals surface area contributed by atoms with Gasteiger partial charge in [0.15, 0.2) is 11.6 Å². The van der Waals surface area contributed by atoms with Gasteiger partial charge in [-0.3, -0.25) is 14.5 Å². The van der Waals surface area contributed by atoms with Crippen LogP contribution in [0, 0.1) is 0 Å². The minimum atomic E-state index is -0.0648. The van der Waals surface area contributed by atoms with Crippen LogP contribution in [0.1, 0.15) is 70.4 Å². The first-order valence-corrected chi connectivity index (χ1v) is 18.2. The molecule has 0 radical (unpaired) electrons. The highest BCUT2D eigenvalue weighted by Gasteiger charge is 2.29. The Kier molecular flexibility index (Phi) is 10.7. The average Bonchev–Trinajstić information content (AvgIpc) is 3.71. The first-order valence-electron chi connectivity index (χ1n) is 18.2. The van der Waals surface area contributed by atoms with E-state index in [9.17, 15) is 9.59 Å². The number of carbonyl (C=O) groups excluding carboxylic acids is 2. The Balaban J connectivity index is 0.906. The van der Waals surface area contributed by atoms with E-state index in [1.807, 2.05) is 65.6 Å². The van der Waals surface area contributed by atoms with E-state index in [1.54, 1.807) is 6.20 Å². The summed E-state index contributed by atoms with van der Waals surface area (Å²) in [5.74, 6) is 0.798. The molecule has 0 unspecified atom stereocenters. The fourth-order valence-corrected chi connectivity index (χ4v) is 7.57. The highest BCUT2D eigenvalue weighted by Crippen LogP contribution is 2.29. The van der Waals surface area contributed by atoms with Crippen LogP contribution in [0.5, 0.6) is 5.75 Å². The molecule has 0 bridgehead atoms. The third kappa shape index (κ3) is 8.34. The molecule has 3 aromatic carbocycles. The van der Waals surface area contributed by atoms with E-state index in [0.717, 1.165) is 75.1 Å². The molecule has 9 heteroatoms. The van der Waals surface area contributed by atoms with Crippen molar-refractivity contribution in [3.05, 3.63) is 113 Å². The maximum atomic E-state index is 13.3. The van der Waals surface area contributed by atoms with Gasteiger partial charge in [0.2, 0.25) is 0 Å². The number of pyridine rings is 1. The summed E-state index contributed by atoms with van der Waals surface area (Å²) in [7, 11) is 0. The topological polar surface area (TPSA) is 104 Å². The summed E-state index contributed by atoms with van der Waals surface area (Å²) in [6.45, 7) is 7.14. The predicted molar refractivity (Wildman–Crippen MR) is 197 cm³/mol. The normalized spacial score (nSPS) is 17.9. The second-order valence-corrected chi connectivity index (χ2v) is 13.9. The minimum Gasteiger partial charge on any atom is -0.485 e. The summed E-state index contributed by atoms with van der Waals surface area (Å²) in [6.07, 6.45) is 8.29. The molecule has 7 rings (SSSR count). The second-order valence-electron chi connectivity index (χ2n) is 13.9. The van der Waals surface area contributed by atoms with Crippen molar-refractivity contribution in [3.8, 4) is 16.9 Å². The smallest absolute Gasteiger partial charge is 0.253 e. The quantitative estimate of drug-likeness (QED) is 0.213. The molecule has 9 nitrogen and oxygen atoms in total. The standard InChI is InChI=1S/C41H48N6O3/c42-39-38(26-35(27-43-39)32-11-13-33(14-12-32)41(49)47-23-17-37(18-24-47)46-19-4-5-20-46)50-29-31-9-6-10-34(25-31)40(48)44-36-15-21-45(22-16-36)28-30-7-2-1-3-8-30/h1-3,6-14,25-27,36-37H,4-5,15-24,28-29H2,(H2,42,43)(H,44,48). The molecular weight excluding hydrogens is 624 g/mol. The summed E-state index contributed by atoms with van der Waals surface area (Å²) in [5.41, 5.74) is 11.5. The van der Waals surface area contributed by atoms with Gasteiger partial charge >= 0.3 is 0 Å². The zero-order valence-corrected chi connectivity index (χ0v) is 28.8. The van der Waals surface area contributed by atoms with Crippen LogP contribution in [0.15, 0.2) is 91.1 Å². The number of piperidine rings is 2. The Labute approximate surface area is 295 Å². The number of nitrogens with two attached hydrogens (primary N) is 1. The van der Waals surface area contributed by atoms with Crippen molar-refractivity contribution >= 4 is 17.6 Å². The number of hydrogen-bond acceptors (Lipinski definition) is 7. The molecule has 3 saturated heterocycles. The number of anilines is 1. The zero-order valence-electron chi connectivity index (χ0n) is 28.8. The molecule has 0 atom stereocenters. The number of likely N-dealkylation sites (tertiary alicyclic amines) is 3. The van der Waals surface area contributed by atoms with Crippen LogP contribution in [0.4, 0.5) is 5.82 Å². The summed E-state index contributed by atoms with van der Waals surface area (Å²) in [4.78, 5) is 37.9. The van der Waals surface area contributed by atoms with E-state index < -0.39 is 0 Å². The monoisotopic (exact) mass is 672 g/mol. The molecule has 2 amide bonds. The molecule has 3 aliphatic rings. The Morgan fingerprint density at radius 1 is 0.760 bits per heavy atom. The number of nitrogens with zero attached hydrogens (tertiary/aromatic N) is 4. The minimum absolute atomic E-state index is 0.0648. The average molecular weight is 673 g/mol. The van der Waals surface area contributed by atoms with Gasteiger partial charge < -0.3 is 25.6 Å². The number of amides is 2. The summed E-state index contributed by atoms with van der Waals surface area (Å²) >= 11 is 0. The van der Waals surface area contributed by atoms with Crippen molar-refractivity contribution in [2.75, 3.05) is 45.0 Å². The third-order valence-corrected chi connectivity index (χ3v) is 10.5. The van der Waals surface area contributed by atoms with Gasteiger partial charge in [0.05, 0.1) is 0 Å². The first-order chi connectivity index (χ1) is 24.5. The molecule has 260 valence electrons. The van der Waals surface area contributed by atoms with Gasteiger partial charge in [-0.1, -0.05) is 54.6 Å². The van der Waals surface area contributed by atoms with Crippen molar-refractivity contribution in [2.45, 2.75) is 63.8 Å². The molecular formula is C41H48N6O3. The van der Waals surface area contributed by atoms with E-state index in [-0.39, 0.29) is 24.5 Å². The van der Waals surface area contributed by atoms with Gasteiger partial charge in [0, 0.05) is 67.7 Å². The van der Waals surface area contributed by atoms with Crippen molar-refractivity contribution < 1.29 is 14.3 Å². The molecule has 1 aromatic heterocycles. The molecule has 0 aliphatic carbocycles. The lowest BCUT2D eigenvalue weighted by atomic mass is 10.0. The Morgan fingerprint density at radius 3 is 2.22 bits per heavy atom. The molecule has 0 saturated carbocycles. The van der Waals surface area contributed by atoms with E-state index in [4.69, 9.17) is 10.5 Å². The largest absolute Gasteiger partial charge is 0.485 e. The van der Waals surface area contributed by atoms with Gasteiger partial charge in [-0.25, -0.2) is 4.98 Å². The van der Waals surface area contributed by atoms with Crippen LogP contribution in [0.3, 0.4) is 0 Å². The lowest BCUT2D eigenvalue weighted by Crippen LogP contribution is -2.45. The maximum absolute atomic E-state index is 13.3. The number of aromatic nitrogens is 1. The number of ether oxygens (including phenoxy) is 1. The molecule has 4 heterocycles. The molecule has 3 N–H and O–H groups in total. The Bertz CT molecular complexity index is 1740. The number of hydrogen-bond donors (Lipinski definition) is 2. The van der Waals surface area contributed by atoms with Crippen molar-refractivity contribution in [3.63, 3.8) is 0 Å². The molecule has 3 fully saturated rings. The second kappa shape index (κ2) is 15.9. The van der Waals surface area contributed by atoms with Crippen LogP contribution in [0.25, 0.3) is 11.1 Å². The fourth-order valence-electron chi connectivity index (χ4n) is 7.57. The van der Waals surface area contributed by atoms with Crippen LogP contribution in [-0.4, -0.2) is 82.9 Å². The predicted octanol–water partition coefficient (Wildman–Crippen LogP) is 6.00. The Morgan fingerprint density at radius 2 is 1.48 bits per heavy atom. The summed E-state index contributed by atoms with van der Waals surface area (Å²) in [5, 5.41) is 3.23. The lowest BCUT2D eigenvalue weighted by molar-refractivity contribution is 0.0644. The number of nitrogen functional groups attached to an aromatic ring is 1.